The number of aromatic amines is 1. The third kappa shape index (κ3) is 2.45. The molecule has 12 heavy (non-hydrogen) atoms. The Kier molecular flexibility index (Phi) is 2.47. The van der Waals surface area contributed by atoms with Crippen LogP contribution in [0.1, 0.15) is 12.1 Å². The van der Waals surface area contributed by atoms with Crippen LogP contribution in [-0.2, 0) is 4.79 Å². The molecule has 1 aromatic heterocycles. The second-order valence-electron chi connectivity index (χ2n) is 2.25. The van der Waals surface area contributed by atoms with Gasteiger partial charge in [0.2, 0.25) is 0 Å². The molecule has 0 saturated carbocycles. The van der Waals surface area contributed by atoms with Crippen LogP contribution in [0.4, 0.5) is 5.82 Å². The van der Waals surface area contributed by atoms with Gasteiger partial charge in [-0.25, -0.2) is 0 Å². The number of nitrogens with two attached hydrogens (primary N) is 1. The Hall–Kier alpha value is -1.78. The lowest BCUT2D eigenvalue weighted by atomic mass is 10.3. The number of H-pyrrole nitrogens is 1. The number of rotatable bonds is 3. The molecule has 1 rings (SSSR count). The minimum Gasteiger partial charge on any atom is -0.481 e. The second kappa shape index (κ2) is 3.56. The van der Waals surface area contributed by atoms with Crippen LogP contribution >= 0.6 is 0 Å². The van der Waals surface area contributed by atoms with Gasteiger partial charge >= 0.3 is 5.97 Å². The molecule has 0 aliphatic heterocycles. The zero-order valence-electron chi connectivity index (χ0n) is 6.32. The first-order valence-corrected chi connectivity index (χ1v) is 3.37. The van der Waals surface area contributed by atoms with Gasteiger partial charge in [0.15, 0.2) is 0 Å². The highest BCUT2D eigenvalue weighted by Gasteiger charge is 1.93. The molecule has 0 amide bonds. The third-order valence-corrected chi connectivity index (χ3v) is 1.21. The van der Waals surface area contributed by atoms with Gasteiger partial charge in [-0.2, -0.15) is 5.10 Å². The van der Waals surface area contributed by atoms with Crippen LogP contribution in [0.3, 0.4) is 0 Å². The van der Waals surface area contributed by atoms with Crippen LogP contribution in [0.25, 0.3) is 6.08 Å². The van der Waals surface area contributed by atoms with E-state index in [-0.39, 0.29) is 6.42 Å². The maximum Gasteiger partial charge on any atom is 0.307 e. The third-order valence-electron chi connectivity index (χ3n) is 1.21. The van der Waals surface area contributed by atoms with Crippen LogP contribution in [-0.4, -0.2) is 21.3 Å². The minimum absolute atomic E-state index is 0.00107. The van der Waals surface area contributed by atoms with Gasteiger partial charge in [0.05, 0.1) is 12.1 Å². The van der Waals surface area contributed by atoms with E-state index < -0.39 is 5.97 Å². The molecule has 0 spiro atoms. The topological polar surface area (TPSA) is 92.0 Å². The van der Waals surface area contributed by atoms with Gasteiger partial charge in [0.25, 0.3) is 0 Å². The summed E-state index contributed by atoms with van der Waals surface area (Å²) in [5.74, 6) is -0.469. The summed E-state index contributed by atoms with van der Waals surface area (Å²) in [6.45, 7) is 0. The number of aromatic nitrogens is 2. The molecule has 0 aliphatic rings. The summed E-state index contributed by atoms with van der Waals surface area (Å²) < 4.78 is 0. The van der Waals surface area contributed by atoms with Crippen LogP contribution in [0.2, 0.25) is 0 Å². The molecule has 1 aromatic rings. The highest BCUT2D eigenvalue weighted by atomic mass is 16.4. The van der Waals surface area contributed by atoms with E-state index in [4.69, 9.17) is 10.8 Å². The fraction of sp³-hybridized carbons (Fsp3) is 0.143. The van der Waals surface area contributed by atoms with Crippen molar-refractivity contribution in [1.82, 2.24) is 10.2 Å². The van der Waals surface area contributed by atoms with Gasteiger partial charge in [-0.3, -0.25) is 9.89 Å². The molecule has 5 nitrogen and oxygen atoms in total. The predicted molar refractivity (Wildman–Crippen MR) is 44.3 cm³/mol. The molecule has 0 radical (unpaired) electrons. The van der Waals surface area contributed by atoms with E-state index in [0.717, 1.165) is 0 Å². The van der Waals surface area contributed by atoms with Crippen LogP contribution in [0.15, 0.2) is 12.1 Å². The number of nitrogen functional groups attached to an aromatic ring is 1. The van der Waals surface area contributed by atoms with E-state index in [0.29, 0.717) is 11.5 Å². The van der Waals surface area contributed by atoms with Crippen molar-refractivity contribution in [3.8, 4) is 0 Å². The zero-order chi connectivity index (χ0) is 8.97. The molecule has 1 heterocycles. The number of nitrogens with zero attached hydrogens (tertiary/aromatic N) is 1. The van der Waals surface area contributed by atoms with Crippen molar-refractivity contribution in [1.29, 1.82) is 0 Å². The SMILES string of the molecule is Nc1cc(C=CCC(=O)O)[nH]n1. The summed E-state index contributed by atoms with van der Waals surface area (Å²) >= 11 is 0. The molecule has 64 valence electrons. The maximum atomic E-state index is 10.1. The fourth-order valence-electron chi connectivity index (χ4n) is 0.725. The van der Waals surface area contributed by atoms with E-state index in [1.807, 2.05) is 0 Å². The van der Waals surface area contributed by atoms with Crippen molar-refractivity contribution in [2.75, 3.05) is 5.73 Å². The zero-order valence-corrected chi connectivity index (χ0v) is 6.32. The summed E-state index contributed by atoms with van der Waals surface area (Å²) in [6.07, 6.45) is 3.14. The lowest BCUT2D eigenvalue weighted by Crippen LogP contribution is -1.89. The van der Waals surface area contributed by atoms with Crippen LogP contribution in [0, 0.1) is 0 Å². The Bertz CT molecular complexity index is 303. The molecular weight excluding hydrogens is 158 g/mol. The first-order valence-electron chi connectivity index (χ1n) is 3.37. The van der Waals surface area contributed by atoms with Crippen molar-refractivity contribution >= 4 is 17.9 Å². The predicted octanol–water partition coefficient (Wildman–Crippen LogP) is 0.480. The average molecular weight is 167 g/mol. The average Bonchev–Trinajstić information content (AvgIpc) is 2.35. The van der Waals surface area contributed by atoms with Crippen molar-refractivity contribution in [2.24, 2.45) is 0 Å². The highest BCUT2D eigenvalue weighted by molar-refractivity contribution is 5.70. The molecule has 5 heteroatoms. The number of carbonyl (C=O) groups is 1. The molecule has 0 atom stereocenters. The van der Waals surface area contributed by atoms with Gasteiger partial charge in [-0.15, -0.1) is 0 Å². The van der Waals surface area contributed by atoms with E-state index in [1.165, 1.54) is 6.08 Å². The quantitative estimate of drug-likeness (QED) is 0.610. The number of hydrogen-bond acceptors (Lipinski definition) is 3. The van der Waals surface area contributed by atoms with Gasteiger partial charge in [-0.1, -0.05) is 6.08 Å². The summed E-state index contributed by atoms with van der Waals surface area (Å²) in [4.78, 5) is 10.1. The Balaban J connectivity index is 2.52. The number of hydrogen-bond donors (Lipinski definition) is 3. The molecular formula is C7H9N3O2. The summed E-state index contributed by atoms with van der Waals surface area (Å²) in [7, 11) is 0. The maximum absolute atomic E-state index is 10.1. The molecule has 0 saturated heterocycles. The lowest BCUT2D eigenvalue weighted by molar-refractivity contribution is -0.135. The first kappa shape index (κ1) is 8.32. The number of aliphatic carboxylic acids is 1. The normalized spacial score (nSPS) is 10.7. The van der Waals surface area contributed by atoms with Crippen molar-refractivity contribution in [2.45, 2.75) is 6.42 Å². The molecule has 0 unspecified atom stereocenters. The molecule has 0 fully saturated rings. The van der Waals surface area contributed by atoms with E-state index in [2.05, 4.69) is 10.2 Å². The lowest BCUT2D eigenvalue weighted by Gasteiger charge is -1.82. The van der Waals surface area contributed by atoms with Crippen LogP contribution < -0.4 is 5.73 Å². The molecule has 4 N–H and O–H groups in total. The Labute approximate surface area is 68.9 Å². The van der Waals surface area contributed by atoms with E-state index in [9.17, 15) is 4.79 Å². The molecule has 0 aromatic carbocycles. The van der Waals surface area contributed by atoms with Gasteiger partial charge in [-0.05, 0) is 6.08 Å². The minimum atomic E-state index is -0.862. The number of nitrogens with one attached hydrogen (secondary N) is 1. The Morgan fingerprint density at radius 1 is 1.83 bits per heavy atom. The largest absolute Gasteiger partial charge is 0.481 e. The fourth-order valence-corrected chi connectivity index (χ4v) is 0.725. The van der Waals surface area contributed by atoms with E-state index in [1.54, 1.807) is 12.1 Å². The van der Waals surface area contributed by atoms with Gasteiger partial charge in [0.1, 0.15) is 5.82 Å². The van der Waals surface area contributed by atoms with Crippen molar-refractivity contribution < 1.29 is 9.90 Å². The van der Waals surface area contributed by atoms with Gasteiger partial charge < -0.3 is 10.8 Å². The van der Waals surface area contributed by atoms with Crippen molar-refractivity contribution in [3.63, 3.8) is 0 Å². The smallest absolute Gasteiger partial charge is 0.307 e. The van der Waals surface area contributed by atoms with E-state index >= 15 is 0 Å². The molecule has 0 aliphatic carbocycles. The summed E-state index contributed by atoms with van der Waals surface area (Å²) in [5.41, 5.74) is 6.02. The number of anilines is 1. The Morgan fingerprint density at radius 2 is 2.58 bits per heavy atom. The number of carboxylic acids is 1. The van der Waals surface area contributed by atoms with Crippen molar-refractivity contribution in [3.05, 3.63) is 17.8 Å². The summed E-state index contributed by atoms with van der Waals surface area (Å²) in [5, 5.41) is 14.6. The second-order valence-corrected chi connectivity index (χ2v) is 2.25. The monoisotopic (exact) mass is 167 g/mol. The highest BCUT2D eigenvalue weighted by Crippen LogP contribution is 2.02. The van der Waals surface area contributed by atoms with Gasteiger partial charge in [0, 0.05) is 6.07 Å². The summed E-state index contributed by atoms with van der Waals surface area (Å²) in [6, 6.07) is 1.62. The van der Waals surface area contributed by atoms with Crippen LogP contribution in [0.5, 0.6) is 0 Å². The first-order chi connectivity index (χ1) is 5.68. The molecule has 0 bridgehead atoms. The Morgan fingerprint density at radius 3 is 3.08 bits per heavy atom. The standard InChI is InChI=1S/C7H9N3O2/c8-6-4-5(9-10-6)2-1-3-7(11)12/h1-2,4H,3H2,(H,11,12)(H3,8,9,10). The number of carboxylic acid groups (broad SMARTS) is 1.